The summed E-state index contributed by atoms with van der Waals surface area (Å²) in [6.45, 7) is 5.19. The molecule has 0 aromatic carbocycles. The van der Waals surface area contributed by atoms with E-state index in [4.69, 9.17) is 4.74 Å². The van der Waals surface area contributed by atoms with Crippen LogP contribution in [0.2, 0.25) is 0 Å². The number of hydrogen-bond acceptors (Lipinski definition) is 2. The van der Waals surface area contributed by atoms with Crippen LogP contribution in [-0.4, -0.2) is 32.5 Å². The van der Waals surface area contributed by atoms with Gasteiger partial charge in [-0.1, -0.05) is 0 Å². The summed E-state index contributed by atoms with van der Waals surface area (Å²) in [5.74, 6) is 0. The predicted octanol–water partition coefficient (Wildman–Crippen LogP) is 1.36. The molecule has 0 atom stereocenters. The summed E-state index contributed by atoms with van der Waals surface area (Å²) < 4.78 is 16.7. The fraction of sp³-hybridized carbons (Fsp3) is 1.00. The van der Waals surface area contributed by atoms with Crippen molar-refractivity contribution < 1.29 is 9.13 Å². The molecule has 0 bridgehead atoms. The Morgan fingerprint density at radius 2 is 2.09 bits per heavy atom. The molecule has 0 spiro atoms. The number of alkyl halides is 1. The van der Waals surface area contributed by atoms with Crippen molar-refractivity contribution in [3.05, 3.63) is 0 Å². The highest BCUT2D eigenvalue weighted by Gasteiger charge is 2.15. The van der Waals surface area contributed by atoms with E-state index in [1.54, 1.807) is 7.11 Å². The highest BCUT2D eigenvalue weighted by atomic mass is 19.1. The molecule has 0 fully saturated rings. The van der Waals surface area contributed by atoms with Crippen molar-refractivity contribution in [1.82, 2.24) is 5.32 Å². The molecule has 0 saturated heterocycles. The summed E-state index contributed by atoms with van der Waals surface area (Å²) in [6, 6.07) is 0. The summed E-state index contributed by atoms with van der Waals surface area (Å²) in [7, 11) is 1.67. The number of nitrogens with one attached hydrogen (secondary N) is 1. The van der Waals surface area contributed by atoms with E-state index in [1.165, 1.54) is 0 Å². The van der Waals surface area contributed by atoms with Gasteiger partial charge in [0.25, 0.3) is 0 Å². The van der Waals surface area contributed by atoms with Gasteiger partial charge in [-0.25, -0.2) is 0 Å². The molecule has 0 radical (unpaired) electrons. The fourth-order valence-corrected chi connectivity index (χ4v) is 0.905. The third-order valence-corrected chi connectivity index (χ3v) is 1.42. The highest BCUT2D eigenvalue weighted by Crippen LogP contribution is 2.01. The van der Waals surface area contributed by atoms with Crippen LogP contribution >= 0.6 is 0 Å². The Morgan fingerprint density at radius 1 is 1.45 bits per heavy atom. The van der Waals surface area contributed by atoms with Gasteiger partial charge in [0.2, 0.25) is 0 Å². The Labute approximate surface area is 68.1 Å². The van der Waals surface area contributed by atoms with Gasteiger partial charge in [0.05, 0.1) is 13.3 Å². The maximum atomic E-state index is 11.7. The molecule has 0 heterocycles. The van der Waals surface area contributed by atoms with Gasteiger partial charge in [-0.15, -0.1) is 0 Å². The van der Waals surface area contributed by atoms with Gasteiger partial charge in [0.1, 0.15) is 0 Å². The van der Waals surface area contributed by atoms with Crippen molar-refractivity contribution in [3.8, 4) is 0 Å². The average molecular weight is 163 g/mol. The Morgan fingerprint density at radius 3 is 2.55 bits per heavy atom. The quantitative estimate of drug-likeness (QED) is 0.597. The molecule has 68 valence electrons. The molecule has 11 heavy (non-hydrogen) atoms. The van der Waals surface area contributed by atoms with E-state index < -0.39 is 0 Å². The Balaban J connectivity index is 3.38. The molecule has 0 aromatic heterocycles. The van der Waals surface area contributed by atoms with Crippen LogP contribution in [0.1, 0.15) is 20.3 Å². The van der Waals surface area contributed by atoms with E-state index >= 15 is 0 Å². The van der Waals surface area contributed by atoms with E-state index in [-0.39, 0.29) is 12.2 Å². The first-order valence-electron chi connectivity index (χ1n) is 3.92. The van der Waals surface area contributed by atoms with Gasteiger partial charge < -0.3 is 10.1 Å². The number of rotatable bonds is 6. The topological polar surface area (TPSA) is 21.3 Å². The predicted molar refractivity (Wildman–Crippen MR) is 44.5 cm³/mol. The Kier molecular flexibility index (Phi) is 5.42. The molecular weight excluding hydrogens is 145 g/mol. The van der Waals surface area contributed by atoms with Gasteiger partial charge in [-0.05, 0) is 26.8 Å². The Hall–Kier alpha value is -0.150. The second-order valence-corrected chi connectivity index (χ2v) is 3.29. The van der Waals surface area contributed by atoms with E-state index in [1.807, 2.05) is 13.8 Å². The first-order valence-corrected chi connectivity index (χ1v) is 3.92. The average Bonchev–Trinajstić information content (AvgIpc) is 1.87. The zero-order chi connectivity index (χ0) is 8.74. The summed E-state index contributed by atoms with van der Waals surface area (Å²) in [4.78, 5) is 0. The van der Waals surface area contributed by atoms with Gasteiger partial charge >= 0.3 is 0 Å². The monoisotopic (exact) mass is 163 g/mol. The van der Waals surface area contributed by atoms with Crippen LogP contribution in [0.5, 0.6) is 0 Å². The van der Waals surface area contributed by atoms with Gasteiger partial charge in [0, 0.05) is 12.6 Å². The molecule has 0 saturated carbocycles. The van der Waals surface area contributed by atoms with Crippen LogP contribution in [0.15, 0.2) is 0 Å². The molecule has 0 rings (SSSR count). The normalized spacial score (nSPS) is 12.0. The lowest BCUT2D eigenvalue weighted by Gasteiger charge is -2.24. The van der Waals surface area contributed by atoms with Crippen LogP contribution in [0.4, 0.5) is 4.39 Å². The van der Waals surface area contributed by atoms with Gasteiger partial charge in [-0.2, -0.15) is 0 Å². The Bertz CT molecular complexity index is 96.1. The van der Waals surface area contributed by atoms with Gasteiger partial charge in [0.15, 0.2) is 0 Å². The summed E-state index contributed by atoms with van der Waals surface area (Å²) in [6.07, 6.45) is 0.577. The summed E-state index contributed by atoms with van der Waals surface area (Å²) >= 11 is 0. The largest absolute Gasteiger partial charge is 0.383 e. The zero-order valence-corrected chi connectivity index (χ0v) is 7.61. The first kappa shape index (κ1) is 10.8. The van der Waals surface area contributed by atoms with Crippen molar-refractivity contribution in [1.29, 1.82) is 0 Å². The van der Waals surface area contributed by atoms with Gasteiger partial charge in [-0.3, -0.25) is 4.39 Å². The lowest BCUT2D eigenvalue weighted by molar-refractivity contribution is 0.128. The van der Waals surface area contributed by atoms with Crippen molar-refractivity contribution in [3.63, 3.8) is 0 Å². The third-order valence-electron chi connectivity index (χ3n) is 1.42. The standard InChI is InChI=1S/C8H18FNO/c1-8(2,7-11-3)10-6-4-5-9/h10H,4-7H2,1-3H3. The number of ether oxygens (including phenoxy) is 1. The summed E-state index contributed by atoms with van der Waals surface area (Å²) in [5.41, 5.74) is -0.0378. The number of hydrogen-bond donors (Lipinski definition) is 1. The molecule has 1 N–H and O–H groups in total. The van der Waals surface area contributed by atoms with Crippen molar-refractivity contribution in [2.45, 2.75) is 25.8 Å². The van der Waals surface area contributed by atoms with E-state index in [2.05, 4.69) is 5.32 Å². The first-order chi connectivity index (χ1) is 5.12. The van der Waals surface area contributed by atoms with Crippen LogP contribution < -0.4 is 5.32 Å². The molecule has 3 heteroatoms. The van der Waals surface area contributed by atoms with Crippen LogP contribution in [0.25, 0.3) is 0 Å². The maximum Gasteiger partial charge on any atom is 0.0906 e. The zero-order valence-electron chi connectivity index (χ0n) is 7.61. The number of halogens is 1. The highest BCUT2D eigenvalue weighted by molar-refractivity contribution is 4.76. The van der Waals surface area contributed by atoms with Crippen LogP contribution in [0.3, 0.4) is 0 Å². The van der Waals surface area contributed by atoms with Crippen molar-refractivity contribution in [2.75, 3.05) is 26.9 Å². The molecule has 0 amide bonds. The lowest BCUT2D eigenvalue weighted by Crippen LogP contribution is -2.43. The minimum absolute atomic E-state index is 0.0378. The SMILES string of the molecule is COCC(C)(C)NCCCF. The lowest BCUT2D eigenvalue weighted by atomic mass is 10.1. The molecular formula is C8H18FNO. The molecule has 0 unspecified atom stereocenters. The second-order valence-electron chi connectivity index (χ2n) is 3.29. The molecule has 0 aliphatic carbocycles. The van der Waals surface area contributed by atoms with E-state index in [9.17, 15) is 4.39 Å². The van der Waals surface area contributed by atoms with E-state index in [0.717, 1.165) is 0 Å². The molecule has 0 aromatic rings. The maximum absolute atomic E-state index is 11.7. The van der Waals surface area contributed by atoms with Crippen molar-refractivity contribution >= 4 is 0 Å². The third kappa shape index (κ3) is 6.26. The van der Waals surface area contributed by atoms with Crippen LogP contribution in [0, 0.1) is 0 Å². The number of methoxy groups -OCH3 is 1. The molecule has 0 aliphatic heterocycles. The molecule has 2 nitrogen and oxygen atoms in total. The minimum Gasteiger partial charge on any atom is -0.383 e. The molecule has 0 aliphatic rings. The minimum atomic E-state index is -0.254. The van der Waals surface area contributed by atoms with E-state index in [0.29, 0.717) is 19.6 Å². The summed E-state index contributed by atoms with van der Waals surface area (Å²) in [5, 5.41) is 3.20. The second kappa shape index (κ2) is 5.49. The van der Waals surface area contributed by atoms with Crippen LogP contribution in [-0.2, 0) is 4.74 Å². The fourth-order valence-electron chi connectivity index (χ4n) is 0.905. The van der Waals surface area contributed by atoms with Crippen molar-refractivity contribution in [2.24, 2.45) is 0 Å². The smallest absolute Gasteiger partial charge is 0.0906 e.